The van der Waals surface area contributed by atoms with Crippen LogP contribution in [0, 0.1) is 5.92 Å². The fourth-order valence-corrected chi connectivity index (χ4v) is 6.39. The number of carbonyl (C=O) groups is 1. The second kappa shape index (κ2) is 9.37. The van der Waals surface area contributed by atoms with Crippen molar-refractivity contribution in [1.82, 2.24) is 4.98 Å². The summed E-state index contributed by atoms with van der Waals surface area (Å²) in [6.07, 6.45) is 20.9. The molecule has 3 nitrogen and oxygen atoms in total. The number of rotatable bonds is 4. The molecular formula is C31H33NO2. The third-order valence-corrected chi connectivity index (χ3v) is 8.16. The molecule has 3 heteroatoms. The predicted octanol–water partition coefficient (Wildman–Crippen LogP) is 8.41. The summed E-state index contributed by atoms with van der Waals surface area (Å²) in [6, 6.07) is 10.8. The number of aromatic nitrogens is 1. The molecule has 1 heterocycles. The molecule has 0 radical (unpaired) electrons. The van der Waals surface area contributed by atoms with Crippen molar-refractivity contribution in [3.63, 3.8) is 0 Å². The largest absolute Gasteiger partial charge is 0.445 e. The lowest BCUT2D eigenvalue weighted by atomic mass is 9.91. The maximum atomic E-state index is 12.5. The second-order valence-corrected chi connectivity index (χ2v) is 10.3. The summed E-state index contributed by atoms with van der Waals surface area (Å²) >= 11 is 0. The number of hydrogen-bond acceptors (Lipinski definition) is 3. The van der Waals surface area contributed by atoms with E-state index in [1.54, 1.807) is 12.5 Å². The minimum atomic E-state index is 0.279. The van der Waals surface area contributed by atoms with E-state index < -0.39 is 0 Å². The van der Waals surface area contributed by atoms with Crippen molar-refractivity contribution in [3.05, 3.63) is 71.1 Å². The Kier molecular flexibility index (Phi) is 5.95. The van der Waals surface area contributed by atoms with Crippen LogP contribution in [0.1, 0.15) is 97.7 Å². The molecule has 34 heavy (non-hydrogen) atoms. The number of allylic oxidation sites excluding steroid dienone is 1. The number of carbonyl (C=O) groups excluding carboxylic acids is 1. The molecule has 0 amide bonds. The van der Waals surface area contributed by atoms with Gasteiger partial charge in [0.25, 0.3) is 0 Å². The number of benzene rings is 2. The van der Waals surface area contributed by atoms with E-state index in [4.69, 9.17) is 4.42 Å². The Labute approximate surface area is 202 Å². The van der Waals surface area contributed by atoms with Crippen molar-refractivity contribution < 1.29 is 9.21 Å². The van der Waals surface area contributed by atoms with Crippen LogP contribution < -0.4 is 0 Å². The molecule has 0 saturated heterocycles. The van der Waals surface area contributed by atoms with Crippen LogP contribution in [-0.2, 0) is 6.42 Å². The Morgan fingerprint density at radius 1 is 0.882 bits per heavy atom. The molecule has 3 aromatic rings. The summed E-state index contributed by atoms with van der Waals surface area (Å²) in [5.74, 6) is 1.78. The van der Waals surface area contributed by atoms with E-state index in [1.807, 2.05) is 0 Å². The van der Waals surface area contributed by atoms with Gasteiger partial charge in [-0.2, -0.15) is 0 Å². The molecule has 174 valence electrons. The topological polar surface area (TPSA) is 43.1 Å². The fraction of sp³-hybridized carbons (Fsp3) is 0.419. The fourth-order valence-electron chi connectivity index (χ4n) is 6.39. The standard InChI is InChI=1S/C31H33NO2/c33-29-17-16-27-25(29)14-15-26-23(11-7-10-21-8-5-3-1-2-4-6-9-21)24-13-12-22(20-28(24)30(26)27)31-32-18-19-34-31/h11-15,18-21H,1-10,16-17H2. The van der Waals surface area contributed by atoms with Crippen molar-refractivity contribution in [2.24, 2.45) is 5.92 Å². The van der Waals surface area contributed by atoms with Gasteiger partial charge in [-0.05, 0) is 70.7 Å². The van der Waals surface area contributed by atoms with Gasteiger partial charge in [-0.3, -0.25) is 4.79 Å². The average Bonchev–Trinajstić information content (AvgIpc) is 3.59. The van der Waals surface area contributed by atoms with E-state index in [0.717, 1.165) is 29.9 Å². The van der Waals surface area contributed by atoms with Crippen LogP contribution in [0.5, 0.6) is 0 Å². The predicted molar refractivity (Wildman–Crippen MR) is 137 cm³/mol. The first-order valence-corrected chi connectivity index (χ1v) is 13.2. The molecule has 0 N–H and O–H groups in total. The first kappa shape index (κ1) is 21.6. The van der Waals surface area contributed by atoms with E-state index in [1.165, 1.54) is 91.2 Å². The van der Waals surface area contributed by atoms with E-state index in [0.29, 0.717) is 12.3 Å². The van der Waals surface area contributed by atoms with Gasteiger partial charge in [0.2, 0.25) is 5.89 Å². The number of oxazole rings is 1. The lowest BCUT2D eigenvalue weighted by Gasteiger charge is -2.15. The van der Waals surface area contributed by atoms with Crippen molar-refractivity contribution >= 4 is 11.4 Å². The molecule has 0 aliphatic heterocycles. The van der Waals surface area contributed by atoms with E-state index in [-0.39, 0.29) is 5.78 Å². The minimum absolute atomic E-state index is 0.279. The third kappa shape index (κ3) is 3.96. The second-order valence-electron chi connectivity index (χ2n) is 10.3. The summed E-state index contributed by atoms with van der Waals surface area (Å²) in [7, 11) is 0. The summed E-state index contributed by atoms with van der Waals surface area (Å²) in [6.45, 7) is 0. The number of Topliss-reactive ketones (excluding diaryl/α,β-unsaturated/α-hetero) is 1. The maximum absolute atomic E-state index is 12.5. The molecule has 1 aromatic heterocycles. The summed E-state index contributed by atoms with van der Waals surface area (Å²) in [5.41, 5.74) is 9.55. The Hall–Kier alpha value is -2.94. The Bertz CT molecular complexity index is 1220. The molecule has 0 unspecified atom stereocenters. The molecule has 6 rings (SSSR count). The molecule has 2 aromatic carbocycles. The molecule has 1 fully saturated rings. The lowest BCUT2D eigenvalue weighted by Crippen LogP contribution is -2.00. The number of hydrogen-bond donors (Lipinski definition) is 0. The van der Waals surface area contributed by atoms with Gasteiger partial charge in [0.15, 0.2) is 5.78 Å². The van der Waals surface area contributed by atoms with Gasteiger partial charge in [-0.15, -0.1) is 0 Å². The van der Waals surface area contributed by atoms with Crippen molar-refractivity contribution in [1.29, 1.82) is 0 Å². The summed E-state index contributed by atoms with van der Waals surface area (Å²) < 4.78 is 5.58. The summed E-state index contributed by atoms with van der Waals surface area (Å²) in [5, 5.41) is 0. The van der Waals surface area contributed by atoms with Crippen LogP contribution in [0.4, 0.5) is 0 Å². The first-order chi connectivity index (χ1) is 16.8. The molecule has 3 aliphatic rings. The molecule has 0 bridgehead atoms. The molecule has 0 spiro atoms. The van der Waals surface area contributed by atoms with Gasteiger partial charge in [0, 0.05) is 17.5 Å². The average molecular weight is 452 g/mol. The zero-order valence-electron chi connectivity index (χ0n) is 19.9. The minimum Gasteiger partial charge on any atom is -0.445 e. The number of nitrogens with zero attached hydrogens (tertiary/aromatic N) is 1. The van der Waals surface area contributed by atoms with Gasteiger partial charge in [-0.25, -0.2) is 4.98 Å². The maximum Gasteiger partial charge on any atom is 0.225 e. The SMILES string of the molecule is O=C1CCc2c1ccc1c2-c2cc(-c3ncco3)ccc2C1=CCCC1CCCCCCCC1. The van der Waals surface area contributed by atoms with Crippen LogP contribution in [0.2, 0.25) is 0 Å². The molecule has 1 saturated carbocycles. The molecule has 3 aliphatic carbocycles. The van der Waals surface area contributed by atoms with E-state index in [2.05, 4.69) is 41.4 Å². The lowest BCUT2D eigenvalue weighted by molar-refractivity contribution is 0.0994. The normalized spacial score (nSPS) is 19.4. The zero-order chi connectivity index (χ0) is 22.9. The monoisotopic (exact) mass is 451 g/mol. The Morgan fingerprint density at radius 3 is 2.44 bits per heavy atom. The van der Waals surface area contributed by atoms with Gasteiger partial charge < -0.3 is 4.42 Å². The molecular weight excluding hydrogens is 418 g/mol. The van der Waals surface area contributed by atoms with Gasteiger partial charge >= 0.3 is 0 Å². The van der Waals surface area contributed by atoms with Crippen molar-refractivity contribution in [2.75, 3.05) is 0 Å². The van der Waals surface area contributed by atoms with E-state index in [9.17, 15) is 4.79 Å². The first-order valence-electron chi connectivity index (χ1n) is 13.2. The van der Waals surface area contributed by atoms with Crippen LogP contribution in [0.3, 0.4) is 0 Å². The van der Waals surface area contributed by atoms with Gasteiger partial charge in [0.05, 0.1) is 6.20 Å². The summed E-state index contributed by atoms with van der Waals surface area (Å²) in [4.78, 5) is 16.9. The van der Waals surface area contributed by atoms with E-state index >= 15 is 0 Å². The van der Waals surface area contributed by atoms with Crippen LogP contribution in [-0.4, -0.2) is 10.8 Å². The van der Waals surface area contributed by atoms with Gasteiger partial charge in [0.1, 0.15) is 6.26 Å². The number of ketones is 1. The Morgan fingerprint density at radius 2 is 1.65 bits per heavy atom. The molecule has 0 atom stereocenters. The van der Waals surface area contributed by atoms with Crippen LogP contribution >= 0.6 is 0 Å². The highest BCUT2D eigenvalue weighted by Crippen LogP contribution is 2.49. The quantitative estimate of drug-likeness (QED) is 0.313. The van der Waals surface area contributed by atoms with Crippen molar-refractivity contribution in [3.8, 4) is 22.6 Å². The van der Waals surface area contributed by atoms with Crippen LogP contribution in [0.25, 0.3) is 28.2 Å². The highest BCUT2D eigenvalue weighted by atomic mass is 16.3. The highest BCUT2D eigenvalue weighted by molar-refractivity contribution is 6.09. The smallest absolute Gasteiger partial charge is 0.225 e. The third-order valence-electron chi connectivity index (χ3n) is 8.16. The Balaban J connectivity index is 1.35. The number of fused-ring (bicyclic) bond motifs is 5. The van der Waals surface area contributed by atoms with Crippen LogP contribution in [0.15, 0.2) is 53.3 Å². The highest BCUT2D eigenvalue weighted by Gasteiger charge is 2.31. The zero-order valence-corrected chi connectivity index (χ0v) is 19.9. The van der Waals surface area contributed by atoms with Gasteiger partial charge in [-0.1, -0.05) is 75.6 Å². The van der Waals surface area contributed by atoms with Crippen molar-refractivity contribution in [2.45, 2.75) is 77.0 Å².